The van der Waals surface area contributed by atoms with E-state index in [0.717, 1.165) is 19.3 Å². The van der Waals surface area contributed by atoms with Crippen molar-refractivity contribution in [2.75, 3.05) is 27.1 Å². The van der Waals surface area contributed by atoms with E-state index in [-0.39, 0.29) is 48.5 Å². The van der Waals surface area contributed by atoms with E-state index in [0.29, 0.717) is 5.75 Å². The Hall–Kier alpha value is -2.85. The van der Waals surface area contributed by atoms with Crippen molar-refractivity contribution >= 4 is 19.8 Å². The highest BCUT2D eigenvalue weighted by atomic mass is 28.3. The van der Waals surface area contributed by atoms with E-state index in [2.05, 4.69) is 31.5 Å². The number of hydrogen-bond donors (Lipinski definition) is 0. The Morgan fingerprint density at radius 3 is 2.57 bits per heavy atom. The van der Waals surface area contributed by atoms with Crippen molar-refractivity contribution < 1.29 is 33.4 Å². The first-order chi connectivity index (χ1) is 16.7. The van der Waals surface area contributed by atoms with Crippen LogP contribution in [-0.2, 0) is 14.3 Å². The number of esters is 1. The summed E-state index contributed by atoms with van der Waals surface area (Å²) in [6.07, 6.45) is 7.28. The standard InChI is InChI=1S/C25H38N2O7Si/c1-7-9-10-11-24(35(4,5)6)33-18-34-27-17-26-15-21(27)25(29)20-13-12-19(30-3)14-22(20)32-16-23(28)31-8-2/h12-15,17,24H,7-11,16,18H2,1-6H3. The van der Waals surface area contributed by atoms with Crippen LogP contribution in [0.2, 0.25) is 19.6 Å². The van der Waals surface area contributed by atoms with Crippen LogP contribution in [0, 0.1) is 0 Å². The number of benzene rings is 1. The number of ketones is 1. The van der Waals surface area contributed by atoms with Crippen molar-refractivity contribution in [3.63, 3.8) is 0 Å². The maximum atomic E-state index is 13.3. The van der Waals surface area contributed by atoms with E-state index in [1.807, 2.05) is 0 Å². The minimum absolute atomic E-state index is 0.00648. The number of unbranched alkanes of at least 4 members (excludes halogenated alkanes) is 2. The van der Waals surface area contributed by atoms with Gasteiger partial charge >= 0.3 is 5.97 Å². The van der Waals surface area contributed by atoms with Crippen molar-refractivity contribution in [2.24, 2.45) is 0 Å². The van der Waals surface area contributed by atoms with E-state index in [1.165, 1.54) is 30.8 Å². The smallest absolute Gasteiger partial charge is 0.344 e. The van der Waals surface area contributed by atoms with Gasteiger partial charge in [-0.2, -0.15) is 4.73 Å². The second kappa shape index (κ2) is 13.9. The monoisotopic (exact) mass is 506 g/mol. The molecule has 0 aliphatic carbocycles. The number of rotatable bonds is 16. The molecule has 2 rings (SSSR count). The second-order valence-corrected chi connectivity index (χ2v) is 14.5. The quantitative estimate of drug-likeness (QED) is 0.109. The first kappa shape index (κ1) is 28.4. The molecular weight excluding hydrogens is 468 g/mol. The van der Waals surface area contributed by atoms with Crippen LogP contribution in [0.3, 0.4) is 0 Å². The zero-order chi connectivity index (χ0) is 25.8. The van der Waals surface area contributed by atoms with Gasteiger partial charge in [-0.05, 0) is 25.5 Å². The molecule has 0 saturated heterocycles. The van der Waals surface area contributed by atoms with Gasteiger partial charge in [0, 0.05) is 6.07 Å². The number of ether oxygens (including phenoxy) is 4. The molecule has 0 aliphatic heterocycles. The Morgan fingerprint density at radius 1 is 1.14 bits per heavy atom. The molecule has 1 unspecified atom stereocenters. The fourth-order valence-electron chi connectivity index (χ4n) is 3.47. The average Bonchev–Trinajstić information content (AvgIpc) is 3.29. The summed E-state index contributed by atoms with van der Waals surface area (Å²) in [6.45, 7) is 10.6. The molecular formula is C25H38N2O7Si. The Kier molecular flexibility index (Phi) is 11.3. The largest absolute Gasteiger partial charge is 0.497 e. The SMILES string of the molecule is CCCCCC(OCOn1cncc1C(=O)c1ccc(OC)cc1OCC(=O)OCC)[Si](C)(C)C. The van der Waals surface area contributed by atoms with Crippen molar-refractivity contribution in [2.45, 2.75) is 64.9 Å². The molecule has 2 aromatic rings. The van der Waals surface area contributed by atoms with Gasteiger partial charge < -0.3 is 23.8 Å². The third-order valence-electron chi connectivity index (χ3n) is 5.42. The van der Waals surface area contributed by atoms with Gasteiger partial charge in [0.1, 0.15) is 23.5 Å². The highest BCUT2D eigenvalue weighted by Crippen LogP contribution is 2.27. The molecule has 1 heterocycles. The predicted molar refractivity (Wildman–Crippen MR) is 135 cm³/mol. The summed E-state index contributed by atoms with van der Waals surface area (Å²) < 4.78 is 23.1. The van der Waals surface area contributed by atoms with E-state index in [9.17, 15) is 9.59 Å². The van der Waals surface area contributed by atoms with Gasteiger partial charge in [-0.3, -0.25) is 4.79 Å². The van der Waals surface area contributed by atoms with Crippen LogP contribution in [0.4, 0.5) is 0 Å². The minimum Gasteiger partial charge on any atom is -0.497 e. The van der Waals surface area contributed by atoms with Crippen molar-refractivity contribution in [1.82, 2.24) is 9.71 Å². The summed E-state index contributed by atoms with van der Waals surface area (Å²) in [5.74, 6) is -0.232. The molecule has 0 N–H and O–H groups in total. The number of carbonyl (C=O) groups is 2. The summed E-state index contributed by atoms with van der Waals surface area (Å²) >= 11 is 0. The van der Waals surface area contributed by atoms with Crippen molar-refractivity contribution in [1.29, 1.82) is 0 Å². The maximum absolute atomic E-state index is 13.3. The zero-order valence-corrected chi connectivity index (χ0v) is 22.7. The lowest BCUT2D eigenvalue weighted by atomic mass is 10.1. The molecule has 0 bridgehead atoms. The van der Waals surface area contributed by atoms with Crippen LogP contribution in [0.25, 0.3) is 0 Å². The molecule has 0 fully saturated rings. The molecule has 0 aliphatic rings. The lowest BCUT2D eigenvalue weighted by Crippen LogP contribution is -2.41. The molecule has 1 aromatic carbocycles. The number of methoxy groups -OCH3 is 1. The van der Waals surface area contributed by atoms with Crippen molar-refractivity contribution in [3.8, 4) is 11.5 Å². The average molecular weight is 507 g/mol. The molecule has 1 atom stereocenters. The number of imidazole rings is 1. The van der Waals surface area contributed by atoms with E-state index >= 15 is 0 Å². The molecule has 35 heavy (non-hydrogen) atoms. The van der Waals surface area contributed by atoms with Crippen LogP contribution in [0.5, 0.6) is 11.5 Å². The van der Waals surface area contributed by atoms with E-state index in [1.54, 1.807) is 25.1 Å². The van der Waals surface area contributed by atoms with Gasteiger partial charge in [-0.15, -0.1) is 0 Å². The van der Waals surface area contributed by atoms with Crippen LogP contribution < -0.4 is 14.3 Å². The first-order valence-corrected chi connectivity index (χ1v) is 15.6. The molecule has 0 amide bonds. The summed E-state index contributed by atoms with van der Waals surface area (Å²) in [5.41, 5.74) is 0.595. The maximum Gasteiger partial charge on any atom is 0.344 e. The molecule has 10 heteroatoms. The zero-order valence-electron chi connectivity index (χ0n) is 21.7. The molecule has 1 aromatic heterocycles. The Balaban J connectivity index is 2.13. The van der Waals surface area contributed by atoms with Gasteiger partial charge in [0.05, 0.1) is 39.3 Å². The number of hydrogen-bond acceptors (Lipinski definition) is 8. The summed E-state index contributed by atoms with van der Waals surface area (Å²) in [6, 6.07) is 4.76. The topological polar surface area (TPSA) is 98.1 Å². The van der Waals surface area contributed by atoms with E-state index < -0.39 is 14.0 Å². The van der Waals surface area contributed by atoms with Crippen LogP contribution in [0.1, 0.15) is 55.6 Å². The van der Waals surface area contributed by atoms with E-state index in [4.69, 9.17) is 23.8 Å². The predicted octanol–water partition coefficient (Wildman–Crippen LogP) is 4.29. The number of carbonyl (C=O) groups excluding carboxylic acids is 2. The summed E-state index contributed by atoms with van der Waals surface area (Å²) in [5, 5.41) is 0. The fourth-order valence-corrected chi connectivity index (χ4v) is 5.11. The Bertz CT molecular complexity index is 956. The molecule has 9 nitrogen and oxygen atoms in total. The van der Waals surface area contributed by atoms with Gasteiger partial charge in [0.2, 0.25) is 12.6 Å². The molecule has 0 spiro atoms. The first-order valence-electron chi connectivity index (χ1n) is 12.0. The lowest BCUT2D eigenvalue weighted by molar-refractivity contribution is -0.145. The van der Waals surface area contributed by atoms with Gasteiger partial charge in [-0.25, -0.2) is 9.78 Å². The highest BCUT2D eigenvalue weighted by Gasteiger charge is 2.28. The molecule has 0 saturated carbocycles. The van der Waals surface area contributed by atoms with Crippen LogP contribution >= 0.6 is 0 Å². The number of nitrogens with zero attached hydrogens (tertiary/aromatic N) is 2. The fraction of sp³-hybridized carbons (Fsp3) is 0.560. The minimum atomic E-state index is -1.55. The van der Waals surface area contributed by atoms with Gasteiger partial charge in [0.15, 0.2) is 6.61 Å². The van der Waals surface area contributed by atoms with Crippen LogP contribution in [-0.4, -0.2) is 62.4 Å². The second-order valence-electron chi connectivity index (χ2n) is 9.15. The Labute approximate surface area is 208 Å². The lowest BCUT2D eigenvalue weighted by Gasteiger charge is -2.29. The van der Waals surface area contributed by atoms with Crippen LogP contribution in [0.15, 0.2) is 30.7 Å². The number of aromatic nitrogens is 2. The van der Waals surface area contributed by atoms with Crippen molar-refractivity contribution in [3.05, 3.63) is 42.0 Å². The molecule has 0 radical (unpaired) electrons. The summed E-state index contributed by atoms with van der Waals surface area (Å²) in [4.78, 5) is 34.9. The normalized spacial score (nSPS) is 12.2. The van der Waals surface area contributed by atoms with Gasteiger partial charge in [-0.1, -0.05) is 45.8 Å². The third-order valence-corrected chi connectivity index (χ3v) is 7.81. The summed E-state index contributed by atoms with van der Waals surface area (Å²) in [7, 11) is -0.0433. The molecule has 194 valence electrons. The highest BCUT2D eigenvalue weighted by molar-refractivity contribution is 6.77. The Morgan fingerprint density at radius 2 is 1.91 bits per heavy atom. The van der Waals surface area contributed by atoms with Gasteiger partial charge in [0.25, 0.3) is 0 Å². The third kappa shape index (κ3) is 8.70.